The first-order valence-electron chi connectivity index (χ1n) is 9.26. The number of nitrogens with zero attached hydrogens (tertiary/aromatic N) is 1. The molecule has 1 fully saturated rings. The molecule has 0 spiro atoms. The number of benzene rings is 1. The minimum absolute atomic E-state index is 0.0494. The molecular formula is C19H27N3O5. The van der Waals surface area contributed by atoms with Crippen molar-refractivity contribution in [3.05, 3.63) is 24.3 Å². The largest absolute Gasteiger partial charge is 0.492 e. The van der Waals surface area contributed by atoms with E-state index in [2.05, 4.69) is 10.6 Å². The number of piperidine rings is 1. The molecule has 0 unspecified atom stereocenters. The highest BCUT2D eigenvalue weighted by atomic mass is 16.6. The van der Waals surface area contributed by atoms with Gasteiger partial charge in [-0.05, 0) is 38.8 Å². The molecule has 0 aromatic heterocycles. The van der Waals surface area contributed by atoms with Gasteiger partial charge in [-0.25, -0.2) is 4.79 Å². The van der Waals surface area contributed by atoms with Gasteiger partial charge in [0.2, 0.25) is 11.8 Å². The smallest absolute Gasteiger partial charge is 0.409 e. The average Bonchev–Trinajstić information content (AvgIpc) is 2.64. The number of nitrogens with one attached hydrogen (secondary N) is 2. The van der Waals surface area contributed by atoms with Crippen LogP contribution in [0.1, 0.15) is 33.1 Å². The van der Waals surface area contributed by atoms with E-state index in [0.717, 1.165) is 0 Å². The molecular weight excluding hydrogens is 350 g/mol. The minimum Gasteiger partial charge on any atom is -0.492 e. The van der Waals surface area contributed by atoms with Gasteiger partial charge < -0.3 is 25.0 Å². The Bertz CT molecular complexity index is 657. The number of likely N-dealkylation sites (tertiary alicyclic amines) is 1. The molecule has 8 heteroatoms. The number of ether oxygens (including phenoxy) is 2. The van der Waals surface area contributed by atoms with Gasteiger partial charge in [0.1, 0.15) is 12.2 Å². The third-order valence-corrected chi connectivity index (χ3v) is 4.17. The Labute approximate surface area is 159 Å². The van der Waals surface area contributed by atoms with Gasteiger partial charge in [0.05, 0.1) is 18.9 Å². The molecule has 27 heavy (non-hydrogen) atoms. The summed E-state index contributed by atoms with van der Waals surface area (Å²) >= 11 is 0. The van der Waals surface area contributed by atoms with Crippen LogP contribution in [0.25, 0.3) is 0 Å². The molecule has 0 aliphatic carbocycles. The molecule has 0 atom stereocenters. The van der Waals surface area contributed by atoms with Crippen LogP contribution in [0, 0.1) is 0 Å². The summed E-state index contributed by atoms with van der Waals surface area (Å²) in [6.45, 7) is 5.51. The number of hydrogen-bond donors (Lipinski definition) is 2. The summed E-state index contributed by atoms with van der Waals surface area (Å²) in [6, 6.07) is 7.04. The fourth-order valence-corrected chi connectivity index (χ4v) is 2.89. The Kier molecular flexibility index (Phi) is 7.91. The summed E-state index contributed by atoms with van der Waals surface area (Å²) in [4.78, 5) is 37.6. The van der Waals surface area contributed by atoms with Crippen molar-refractivity contribution in [2.24, 2.45) is 0 Å². The summed E-state index contributed by atoms with van der Waals surface area (Å²) < 4.78 is 10.4. The lowest BCUT2D eigenvalue weighted by atomic mass is 10.1. The number of carbonyl (C=O) groups excluding carboxylic acids is 3. The van der Waals surface area contributed by atoms with E-state index in [1.807, 2.05) is 13.0 Å². The molecule has 8 nitrogen and oxygen atoms in total. The lowest BCUT2D eigenvalue weighted by Gasteiger charge is -2.31. The summed E-state index contributed by atoms with van der Waals surface area (Å²) in [7, 11) is 0. The van der Waals surface area contributed by atoms with Crippen LogP contribution in [-0.4, -0.2) is 55.2 Å². The van der Waals surface area contributed by atoms with Gasteiger partial charge in [0.15, 0.2) is 0 Å². The van der Waals surface area contributed by atoms with Crippen LogP contribution in [0.15, 0.2) is 24.3 Å². The number of rotatable bonds is 7. The predicted octanol–water partition coefficient (Wildman–Crippen LogP) is 2.15. The van der Waals surface area contributed by atoms with Crippen LogP contribution in [0.2, 0.25) is 0 Å². The first-order chi connectivity index (χ1) is 13.0. The van der Waals surface area contributed by atoms with Crippen molar-refractivity contribution in [3.8, 4) is 5.75 Å². The number of amides is 3. The van der Waals surface area contributed by atoms with Gasteiger partial charge in [0.25, 0.3) is 0 Å². The number of hydrogen-bond acceptors (Lipinski definition) is 5. The van der Waals surface area contributed by atoms with E-state index in [0.29, 0.717) is 50.6 Å². The monoisotopic (exact) mass is 377 g/mol. The van der Waals surface area contributed by atoms with E-state index in [1.54, 1.807) is 30.0 Å². The molecule has 148 valence electrons. The van der Waals surface area contributed by atoms with E-state index in [1.165, 1.54) is 0 Å². The molecule has 1 aliphatic heterocycles. The third kappa shape index (κ3) is 6.47. The average molecular weight is 377 g/mol. The van der Waals surface area contributed by atoms with Gasteiger partial charge in [-0.15, -0.1) is 0 Å². The van der Waals surface area contributed by atoms with Crippen molar-refractivity contribution in [1.82, 2.24) is 10.2 Å². The summed E-state index contributed by atoms with van der Waals surface area (Å²) in [5.41, 5.74) is 0.542. The normalized spacial score (nSPS) is 14.4. The zero-order chi connectivity index (χ0) is 19.6. The molecule has 0 bridgehead atoms. The maximum atomic E-state index is 12.1. The standard InChI is InChI=1S/C19H27N3O5/c1-3-26-16-8-6-5-7-15(16)21-18(24)13-17(23)20-14-9-11-22(12-10-14)19(25)27-4-2/h5-8,14H,3-4,9-13H2,1-2H3,(H,20,23)(H,21,24). The van der Waals surface area contributed by atoms with E-state index in [-0.39, 0.29) is 24.5 Å². The second kappa shape index (κ2) is 10.4. The Morgan fingerprint density at radius 1 is 1.07 bits per heavy atom. The van der Waals surface area contributed by atoms with Crippen molar-refractivity contribution in [3.63, 3.8) is 0 Å². The molecule has 1 saturated heterocycles. The van der Waals surface area contributed by atoms with Gasteiger partial charge in [-0.3, -0.25) is 9.59 Å². The number of anilines is 1. The Hall–Kier alpha value is -2.77. The highest BCUT2D eigenvalue weighted by molar-refractivity contribution is 6.04. The van der Waals surface area contributed by atoms with Crippen molar-refractivity contribution in [1.29, 1.82) is 0 Å². The first-order valence-corrected chi connectivity index (χ1v) is 9.26. The predicted molar refractivity (Wildman–Crippen MR) is 101 cm³/mol. The van der Waals surface area contributed by atoms with E-state index in [9.17, 15) is 14.4 Å². The minimum atomic E-state index is -0.399. The lowest BCUT2D eigenvalue weighted by Crippen LogP contribution is -2.47. The van der Waals surface area contributed by atoms with Crippen LogP contribution in [0.5, 0.6) is 5.75 Å². The first kappa shape index (κ1) is 20.5. The molecule has 0 radical (unpaired) electrons. The Morgan fingerprint density at radius 3 is 2.44 bits per heavy atom. The molecule has 3 amide bonds. The van der Waals surface area contributed by atoms with Crippen LogP contribution >= 0.6 is 0 Å². The molecule has 1 heterocycles. The van der Waals surface area contributed by atoms with Crippen molar-refractivity contribution < 1.29 is 23.9 Å². The van der Waals surface area contributed by atoms with Gasteiger partial charge in [-0.1, -0.05) is 12.1 Å². The molecule has 2 N–H and O–H groups in total. The SMILES string of the molecule is CCOC(=O)N1CCC(NC(=O)CC(=O)Nc2ccccc2OCC)CC1. The van der Waals surface area contributed by atoms with Crippen molar-refractivity contribution in [2.45, 2.75) is 39.2 Å². The number of carbonyl (C=O) groups is 3. The maximum absolute atomic E-state index is 12.1. The van der Waals surface area contributed by atoms with E-state index >= 15 is 0 Å². The number of para-hydroxylation sites is 2. The van der Waals surface area contributed by atoms with E-state index in [4.69, 9.17) is 9.47 Å². The second-order valence-corrected chi connectivity index (χ2v) is 6.18. The zero-order valence-corrected chi connectivity index (χ0v) is 15.8. The molecule has 0 saturated carbocycles. The molecule has 1 aromatic rings. The second-order valence-electron chi connectivity index (χ2n) is 6.18. The Balaban J connectivity index is 1.76. The van der Waals surface area contributed by atoms with Crippen molar-refractivity contribution in [2.75, 3.05) is 31.6 Å². The highest BCUT2D eigenvalue weighted by Gasteiger charge is 2.25. The van der Waals surface area contributed by atoms with Gasteiger partial charge in [-0.2, -0.15) is 0 Å². The van der Waals surface area contributed by atoms with Gasteiger partial charge in [0, 0.05) is 19.1 Å². The fourth-order valence-electron chi connectivity index (χ4n) is 2.89. The van der Waals surface area contributed by atoms with Crippen LogP contribution < -0.4 is 15.4 Å². The molecule has 1 aliphatic rings. The van der Waals surface area contributed by atoms with E-state index < -0.39 is 5.91 Å². The topological polar surface area (TPSA) is 97.0 Å². The van der Waals surface area contributed by atoms with Crippen LogP contribution in [0.3, 0.4) is 0 Å². The molecule has 1 aromatic carbocycles. The fraction of sp³-hybridized carbons (Fsp3) is 0.526. The van der Waals surface area contributed by atoms with Gasteiger partial charge >= 0.3 is 6.09 Å². The zero-order valence-electron chi connectivity index (χ0n) is 15.8. The summed E-state index contributed by atoms with van der Waals surface area (Å²) in [5.74, 6) is -0.167. The van der Waals surface area contributed by atoms with Crippen molar-refractivity contribution >= 4 is 23.6 Å². The van der Waals surface area contributed by atoms with Crippen LogP contribution in [0.4, 0.5) is 10.5 Å². The highest BCUT2D eigenvalue weighted by Crippen LogP contribution is 2.23. The summed E-state index contributed by atoms with van der Waals surface area (Å²) in [5, 5.41) is 5.56. The maximum Gasteiger partial charge on any atom is 0.409 e. The summed E-state index contributed by atoms with van der Waals surface area (Å²) in [6.07, 6.45) is 0.687. The quantitative estimate of drug-likeness (QED) is 0.710. The van der Waals surface area contributed by atoms with Crippen LogP contribution in [-0.2, 0) is 14.3 Å². The lowest BCUT2D eigenvalue weighted by molar-refractivity contribution is -0.127. The third-order valence-electron chi connectivity index (χ3n) is 4.17. The molecule has 2 rings (SSSR count). The Morgan fingerprint density at radius 2 is 1.78 bits per heavy atom.